The summed E-state index contributed by atoms with van der Waals surface area (Å²) in [4.78, 5) is 12.9. The second-order valence-electron chi connectivity index (χ2n) is 7.76. The average Bonchev–Trinajstić information content (AvgIpc) is 3.11. The number of amides is 1. The molecule has 1 heterocycles. The normalized spacial score (nSPS) is 12.1. The monoisotopic (exact) mass is 417 g/mol. The first-order valence-electron chi connectivity index (χ1n) is 9.99. The fraction of sp³-hybridized carbons (Fsp3) is 0.200. The first kappa shape index (κ1) is 20.2. The third-order valence-corrected chi connectivity index (χ3v) is 5.64. The lowest BCUT2D eigenvalue weighted by Gasteiger charge is -2.17. The van der Waals surface area contributed by atoms with Crippen molar-refractivity contribution in [2.75, 3.05) is 0 Å². The molecule has 0 fully saturated rings. The Morgan fingerprint density at radius 2 is 1.83 bits per heavy atom. The summed E-state index contributed by atoms with van der Waals surface area (Å²) in [6.45, 7) is 6.78. The lowest BCUT2D eigenvalue weighted by atomic mass is 10.00. The molecule has 0 aliphatic rings. The number of rotatable bonds is 5. The number of carbonyl (C=O) groups excluding carboxylic acids is 1. The first-order chi connectivity index (χ1) is 14.4. The van der Waals surface area contributed by atoms with Crippen molar-refractivity contribution >= 4 is 28.4 Å². The van der Waals surface area contributed by atoms with Gasteiger partial charge in [-0.05, 0) is 61.7 Å². The number of nitrogens with one attached hydrogen (secondary N) is 1. The van der Waals surface area contributed by atoms with Gasteiger partial charge >= 0.3 is 0 Å². The minimum atomic E-state index is -0.0939. The zero-order chi connectivity index (χ0) is 21.3. The van der Waals surface area contributed by atoms with Gasteiger partial charge in [0.2, 0.25) is 0 Å². The molecule has 1 amide bonds. The highest BCUT2D eigenvalue weighted by Gasteiger charge is 2.15. The van der Waals surface area contributed by atoms with Crippen molar-refractivity contribution < 1.29 is 4.79 Å². The highest BCUT2D eigenvalue weighted by Crippen LogP contribution is 2.21. The van der Waals surface area contributed by atoms with Crippen molar-refractivity contribution in [3.63, 3.8) is 0 Å². The lowest BCUT2D eigenvalue weighted by Crippen LogP contribution is -2.27. The van der Waals surface area contributed by atoms with Crippen LogP contribution in [-0.4, -0.2) is 15.7 Å². The topological polar surface area (TPSA) is 46.9 Å². The number of carbonyl (C=O) groups is 1. The summed E-state index contributed by atoms with van der Waals surface area (Å²) in [5, 5.41) is 9.33. The number of aromatic nitrogens is 2. The van der Waals surface area contributed by atoms with Gasteiger partial charge in [0.25, 0.3) is 5.91 Å². The smallest absolute Gasteiger partial charge is 0.251 e. The Labute approximate surface area is 181 Å². The molecule has 1 atom stereocenters. The van der Waals surface area contributed by atoms with E-state index in [1.165, 1.54) is 11.1 Å². The van der Waals surface area contributed by atoms with Crippen molar-refractivity contribution in [1.82, 2.24) is 15.1 Å². The van der Waals surface area contributed by atoms with Gasteiger partial charge in [0.15, 0.2) is 0 Å². The second kappa shape index (κ2) is 8.33. The second-order valence-corrected chi connectivity index (χ2v) is 8.19. The molecule has 152 valence electrons. The minimum absolute atomic E-state index is 0.0761. The van der Waals surface area contributed by atoms with Crippen LogP contribution in [0.15, 0.2) is 66.9 Å². The SMILES string of the molecule is Cc1ccc([C@H](C)NC(=O)c2ccc3cnn(Cc4ccc(Cl)cc4)c3c2)c(C)c1. The predicted molar refractivity (Wildman–Crippen MR) is 122 cm³/mol. The molecule has 5 heteroatoms. The van der Waals surface area contributed by atoms with Gasteiger partial charge in [0, 0.05) is 16.0 Å². The first-order valence-corrected chi connectivity index (χ1v) is 10.4. The molecule has 0 unspecified atom stereocenters. The maximum atomic E-state index is 12.9. The Morgan fingerprint density at radius 1 is 1.07 bits per heavy atom. The molecule has 0 aliphatic carbocycles. The van der Waals surface area contributed by atoms with Crippen LogP contribution >= 0.6 is 11.6 Å². The van der Waals surface area contributed by atoms with E-state index in [4.69, 9.17) is 11.6 Å². The number of halogens is 1. The molecule has 0 aliphatic heterocycles. The fourth-order valence-corrected chi connectivity index (χ4v) is 3.90. The zero-order valence-electron chi connectivity index (χ0n) is 17.3. The van der Waals surface area contributed by atoms with Crippen LogP contribution in [0.2, 0.25) is 5.02 Å². The fourth-order valence-electron chi connectivity index (χ4n) is 3.77. The van der Waals surface area contributed by atoms with Crippen LogP contribution in [0.3, 0.4) is 0 Å². The number of nitrogens with zero attached hydrogens (tertiary/aromatic N) is 2. The van der Waals surface area contributed by atoms with Crippen molar-refractivity contribution in [2.24, 2.45) is 0 Å². The number of benzene rings is 3. The Hall–Kier alpha value is -3.11. The summed E-state index contributed by atoms with van der Waals surface area (Å²) in [5.74, 6) is -0.0939. The van der Waals surface area contributed by atoms with E-state index in [0.29, 0.717) is 17.1 Å². The molecule has 0 saturated heterocycles. The Morgan fingerprint density at radius 3 is 2.57 bits per heavy atom. The lowest BCUT2D eigenvalue weighted by molar-refractivity contribution is 0.0940. The Kier molecular flexibility index (Phi) is 5.60. The van der Waals surface area contributed by atoms with Gasteiger partial charge in [-0.25, -0.2) is 0 Å². The molecular formula is C25H24ClN3O. The third-order valence-electron chi connectivity index (χ3n) is 5.39. The van der Waals surface area contributed by atoms with Crippen LogP contribution in [0, 0.1) is 13.8 Å². The van der Waals surface area contributed by atoms with Crippen LogP contribution < -0.4 is 5.32 Å². The van der Waals surface area contributed by atoms with E-state index in [9.17, 15) is 4.79 Å². The van der Waals surface area contributed by atoms with Crippen LogP contribution in [0.25, 0.3) is 10.9 Å². The van der Waals surface area contributed by atoms with Crippen molar-refractivity contribution in [3.05, 3.63) is 99.7 Å². The van der Waals surface area contributed by atoms with E-state index >= 15 is 0 Å². The number of aryl methyl sites for hydroxylation is 2. The Balaban J connectivity index is 1.56. The molecule has 0 saturated carbocycles. The minimum Gasteiger partial charge on any atom is -0.346 e. The van der Waals surface area contributed by atoms with Gasteiger partial charge in [-0.1, -0.05) is 53.6 Å². The maximum Gasteiger partial charge on any atom is 0.251 e. The quantitative estimate of drug-likeness (QED) is 0.443. The molecule has 4 aromatic rings. The summed E-state index contributed by atoms with van der Waals surface area (Å²) in [7, 11) is 0. The molecule has 4 rings (SSSR count). The van der Waals surface area contributed by atoms with E-state index in [-0.39, 0.29) is 11.9 Å². The summed E-state index contributed by atoms with van der Waals surface area (Å²) >= 11 is 5.98. The van der Waals surface area contributed by atoms with E-state index in [1.54, 1.807) is 0 Å². The van der Waals surface area contributed by atoms with E-state index in [1.807, 2.05) is 60.3 Å². The molecule has 0 bridgehead atoms. The molecule has 4 nitrogen and oxygen atoms in total. The van der Waals surface area contributed by atoms with Gasteiger partial charge in [-0.15, -0.1) is 0 Å². The highest BCUT2D eigenvalue weighted by atomic mass is 35.5. The van der Waals surface area contributed by atoms with Crippen molar-refractivity contribution in [3.8, 4) is 0 Å². The Bertz CT molecular complexity index is 1210. The van der Waals surface area contributed by atoms with E-state index < -0.39 is 0 Å². The van der Waals surface area contributed by atoms with Gasteiger partial charge in [0.1, 0.15) is 0 Å². The summed E-state index contributed by atoms with van der Waals surface area (Å²) < 4.78 is 1.91. The summed E-state index contributed by atoms with van der Waals surface area (Å²) in [6, 6.07) is 19.6. The molecule has 0 spiro atoms. The van der Waals surface area contributed by atoms with Crippen LogP contribution in [-0.2, 0) is 6.54 Å². The molecule has 1 N–H and O–H groups in total. The number of hydrogen-bond donors (Lipinski definition) is 1. The summed E-state index contributed by atoms with van der Waals surface area (Å²) in [5.41, 5.74) is 6.17. The predicted octanol–water partition coefficient (Wildman–Crippen LogP) is 5.85. The van der Waals surface area contributed by atoms with Gasteiger partial charge < -0.3 is 5.32 Å². The van der Waals surface area contributed by atoms with Gasteiger partial charge in [0.05, 0.1) is 24.3 Å². The molecule has 30 heavy (non-hydrogen) atoms. The van der Waals surface area contributed by atoms with Crippen molar-refractivity contribution in [1.29, 1.82) is 0 Å². The van der Waals surface area contributed by atoms with Crippen LogP contribution in [0.5, 0.6) is 0 Å². The van der Waals surface area contributed by atoms with Gasteiger partial charge in [-0.3, -0.25) is 9.48 Å². The highest BCUT2D eigenvalue weighted by molar-refractivity contribution is 6.30. The van der Waals surface area contributed by atoms with E-state index in [0.717, 1.165) is 22.0 Å². The van der Waals surface area contributed by atoms with Crippen LogP contribution in [0.4, 0.5) is 0 Å². The molecule has 0 radical (unpaired) electrons. The average molecular weight is 418 g/mol. The number of hydrogen-bond acceptors (Lipinski definition) is 2. The maximum absolute atomic E-state index is 12.9. The zero-order valence-corrected chi connectivity index (χ0v) is 18.1. The summed E-state index contributed by atoms with van der Waals surface area (Å²) in [6.07, 6.45) is 1.82. The van der Waals surface area contributed by atoms with Crippen LogP contribution in [0.1, 0.15) is 45.6 Å². The third kappa shape index (κ3) is 4.24. The molecular weight excluding hydrogens is 394 g/mol. The van der Waals surface area contributed by atoms with Gasteiger partial charge in [-0.2, -0.15) is 5.10 Å². The van der Waals surface area contributed by atoms with E-state index in [2.05, 4.69) is 42.5 Å². The largest absolute Gasteiger partial charge is 0.346 e. The number of fused-ring (bicyclic) bond motifs is 1. The molecule has 1 aromatic heterocycles. The van der Waals surface area contributed by atoms with Crippen molar-refractivity contribution in [2.45, 2.75) is 33.4 Å². The standard InChI is InChI=1S/C25H24ClN3O/c1-16-4-11-23(17(2)12-16)18(3)28-25(30)20-7-8-21-14-27-29(24(21)13-20)15-19-5-9-22(26)10-6-19/h4-14,18H,15H2,1-3H3,(H,28,30)/t18-/m0/s1. The molecule has 3 aromatic carbocycles.